The third-order valence-electron chi connectivity index (χ3n) is 3.98. The van der Waals surface area contributed by atoms with Crippen molar-refractivity contribution in [3.8, 4) is 5.75 Å². The van der Waals surface area contributed by atoms with Gasteiger partial charge in [0, 0.05) is 19.8 Å². The number of ether oxygens (including phenoxy) is 1. The average molecular weight is 547 g/mol. The van der Waals surface area contributed by atoms with E-state index in [1.54, 1.807) is 6.07 Å². The Kier molecular flexibility index (Phi) is 12.3. The second-order valence-corrected chi connectivity index (χ2v) is 11.3. The fourth-order valence-electron chi connectivity index (χ4n) is 2.69. The summed E-state index contributed by atoms with van der Waals surface area (Å²) in [5, 5.41) is 10.2. The van der Waals surface area contributed by atoms with Crippen molar-refractivity contribution in [2.45, 2.75) is 45.6 Å². The molecule has 2 N–H and O–H groups in total. The molecule has 0 spiro atoms. The Morgan fingerprint density at radius 1 is 1.09 bits per heavy atom. The van der Waals surface area contributed by atoms with Gasteiger partial charge in [-0.15, -0.1) is 18.2 Å². The van der Waals surface area contributed by atoms with E-state index in [9.17, 15) is 8.42 Å². The zero-order valence-corrected chi connectivity index (χ0v) is 22.6. The van der Waals surface area contributed by atoms with E-state index < -0.39 is 10.0 Å². The molecule has 2 aromatic rings. The second kappa shape index (κ2) is 13.9. The summed E-state index contributed by atoms with van der Waals surface area (Å²) in [5.41, 5.74) is 3.78. The van der Waals surface area contributed by atoms with Crippen LogP contribution in [0, 0.1) is 32.9 Å². The standard InChI is InChI=1S/C11H16NO3S.C9H11.C3H6N2.CH2.Ru/c1-9(2)15-10-5-7-11(8-6-10)16(13,14)12(3)4;1-7-4-8(2)6-9(3)5-7;1-2-5-3-4-1;;/h5,7-9H,1-4H3;4-5H,1-3H3;4-5H,1-2H2;1H2;/q2*-1;;;. The van der Waals surface area contributed by atoms with Gasteiger partial charge in [-0.3, -0.25) is 0 Å². The average Bonchev–Trinajstić information content (AvgIpc) is 3.21. The Balaban J connectivity index is 0.000000267. The van der Waals surface area contributed by atoms with E-state index in [4.69, 9.17) is 4.74 Å². The van der Waals surface area contributed by atoms with Crippen molar-refractivity contribution in [1.82, 2.24) is 14.9 Å². The third kappa shape index (κ3) is 10.4. The van der Waals surface area contributed by atoms with E-state index in [1.807, 2.05) is 13.8 Å². The summed E-state index contributed by atoms with van der Waals surface area (Å²) in [5.74, 6) is 0.549. The van der Waals surface area contributed by atoms with Gasteiger partial charge in [0.1, 0.15) is 0 Å². The van der Waals surface area contributed by atoms with Gasteiger partial charge in [-0.2, -0.15) is 41.0 Å². The van der Waals surface area contributed by atoms with Crippen molar-refractivity contribution in [3.63, 3.8) is 0 Å². The van der Waals surface area contributed by atoms with E-state index in [0.717, 1.165) is 13.1 Å². The van der Waals surface area contributed by atoms with Crippen LogP contribution in [0.3, 0.4) is 0 Å². The molecule has 0 aromatic heterocycles. The minimum absolute atomic E-state index is 0.0487. The Hall–Kier alpha value is -1.57. The monoisotopic (exact) mass is 547 g/mol. The molecular formula is C24H35N3O3RuS-2. The van der Waals surface area contributed by atoms with Crippen molar-refractivity contribution in [2.75, 3.05) is 27.2 Å². The molecule has 0 amide bonds. The normalized spacial score (nSPS) is 13.3. The van der Waals surface area contributed by atoms with Crippen LogP contribution in [-0.2, 0) is 26.2 Å². The Bertz CT molecular complexity index is 955. The SMILES string of the molecule is CC(C)Oc1[c-]cc(S(=O)(=O)N(C)C)cc1.Cc1[c-]c(C)cc(C)c1.[CH2]=[Ru]=[C]1NCCN1. The number of rotatable bonds is 4. The van der Waals surface area contributed by atoms with Gasteiger partial charge in [-0.1, -0.05) is 20.8 Å². The van der Waals surface area contributed by atoms with Gasteiger partial charge in [0.25, 0.3) is 0 Å². The molecule has 0 unspecified atom stereocenters. The van der Waals surface area contributed by atoms with Crippen molar-refractivity contribution >= 4 is 19.5 Å². The molecule has 1 fully saturated rings. The summed E-state index contributed by atoms with van der Waals surface area (Å²) in [4.78, 5) is 0.216. The molecule has 8 heteroatoms. The number of aryl methyl sites for hydroxylation is 3. The van der Waals surface area contributed by atoms with E-state index in [2.05, 4.69) is 60.8 Å². The summed E-state index contributed by atoms with van der Waals surface area (Å²) in [6.07, 6.45) is 0.0487. The predicted molar refractivity (Wildman–Crippen MR) is 130 cm³/mol. The molecule has 1 heterocycles. The molecule has 1 aliphatic rings. The van der Waals surface area contributed by atoms with Crippen molar-refractivity contribution in [1.29, 1.82) is 0 Å². The number of benzene rings is 2. The molecule has 0 bridgehead atoms. The topological polar surface area (TPSA) is 70.7 Å². The van der Waals surface area contributed by atoms with E-state index in [1.165, 1.54) is 51.6 Å². The Morgan fingerprint density at radius 2 is 1.66 bits per heavy atom. The first-order chi connectivity index (χ1) is 14.9. The minimum atomic E-state index is -3.38. The molecular weight excluding hydrogens is 511 g/mol. The van der Waals surface area contributed by atoms with Gasteiger partial charge in [-0.05, 0) is 18.7 Å². The second-order valence-electron chi connectivity index (χ2n) is 7.65. The van der Waals surface area contributed by atoms with Crippen LogP contribution in [0.25, 0.3) is 0 Å². The number of hydrogen-bond acceptors (Lipinski definition) is 5. The van der Waals surface area contributed by atoms with Crippen molar-refractivity contribution in [3.05, 3.63) is 59.2 Å². The van der Waals surface area contributed by atoms with Crippen molar-refractivity contribution < 1.29 is 29.4 Å². The zero-order valence-electron chi connectivity index (χ0n) is 20.0. The van der Waals surface area contributed by atoms with Crippen LogP contribution < -0.4 is 15.4 Å². The summed E-state index contributed by atoms with van der Waals surface area (Å²) < 4.78 is 31.3. The van der Waals surface area contributed by atoms with Gasteiger partial charge in [0.05, 0.1) is 6.10 Å². The van der Waals surface area contributed by atoms with Crippen LogP contribution in [0.5, 0.6) is 5.75 Å². The molecule has 2 aromatic carbocycles. The van der Waals surface area contributed by atoms with Crippen LogP contribution in [0.4, 0.5) is 0 Å². The molecule has 32 heavy (non-hydrogen) atoms. The van der Waals surface area contributed by atoms with Gasteiger partial charge in [0.15, 0.2) is 10.0 Å². The predicted octanol–water partition coefficient (Wildman–Crippen LogP) is 2.72. The Labute approximate surface area is 201 Å². The summed E-state index contributed by atoms with van der Waals surface area (Å²) >= 11 is 0.196. The molecule has 3 rings (SSSR count). The summed E-state index contributed by atoms with van der Waals surface area (Å²) in [6.45, 7) is 12.2. The summed E-state index contributed by atoms with van der Waals surface area (Å²) in [6, 6.07) is 14.8. The molecule has 0 atom stereocenters. The molecule has 0 aliphatic carbocycles. The molecule has 1 saturated heterocycles. The zero-order chi connectivity index (χ0) is 24.3. The van der Waals surface area contributed by atoms with Crippen LogP contribution in [0.1, 0.15) is 30.5 Å². The number of nitrogens with zero attached hydrogens (tertiary/aromatic N) is 1. The van der Waals surface area contributed by atoms with E-state index in [-0.39, 0.29) is 27.2 Å². The summed E-state index contributed by atoms with van der Waals surface area (Å²) in [7, 11) is -0.388. The van der Waals surface area contributed by atoms with E-state index >= 15 is 0 Å². The van der Waals surface area contributed by atoms with Crippen molar-refractivity contribution in [2.24, 2.45) is 0 Å². The molecule has 1 aliphatic heterocycles. The maximum atomic E-state index is 11.7. The first-order valence-corrected chi connectivity index (χ1v) is 13.8. The van der Waals surface area contributed by atoms with Crippen LogP contribution in [-0.4, -0.2) is 55.5 Å². The number of nitrogens with one attached hydrogen (secondary N) is 2. The molecule has 180 valence electrons. The van der Waals surface area contributed by atoms with Crippen LogP contribution in [0.2, 0.25) is 0 Å². The van der Waals surface area contributed by atoms with Gasteiger partial charge in [-0.25, -0.2) is 12.7 Å². The molecule has 0 radical (unpaired) electrons. The first kappa shape index (κ1) is 28.5. The van der Waals surface area contributed by atoms with Crippen LogP contribution in [0.15, 0.2) is 35.2 Å². The molecule has 0 saturated carbocycles. The molecule has 6 nitrogen and oxygen atoms in total. The Morgan fingerprint density at radius 3 is 2.00 bits per heavy atom. The van der Waals surface area contributed by atoms with Gasteiger partial charge < -0.3 is 4.74 Å². The van der Waals surface area contributed by atoms with Crippen LogP contribution >= 0.6 is 0 Å². The van der Waals surface area contributed by atoms with E-state index in [0.29, 0.717) is 5.75 Å². The maximum absolute atomic E-state index is 11.7. The van der Waals surface area contributed by atoms with Gasteiger partial charge in [0.2, 0.25) is 0 Å². The first-order valence-electron chi connectivity index (χ1n) is 10.2. The fraction of sp³-hybridized carbons (Fsp3) is 0.417. The quantitative estimate of drug-likeness (QED) is 0.456. The number of sulfonamides is 1. The number of hydrogen-bond donors (Lipinski definition) is 2. The third-order valence-corrected chi connectivity index (χ3v) is 7.02. The fourth-order valence-corrected chi connectivity index (χ4v) is 4.43. The van der Waals surface area contributed by atoms with Gasteiger partial charge >= 0.3 is 49.4 Å².